The predicted octanol–water partition coefficient (Wildman–Crippen LogP) is 3.87. The van der Waals surface area contributed by atoms with Crippen LogP contribution in [-0.2, 0) is 23.0 Å². The van der Waals surface area contributed by atoms with E-state index >= 15 is 0 Å². The van der Waals surface area contributed by atoms with Crippen molar-refractivity contribution in [1.29, 1.82) is 5.26 Å². The molecule has 1 heterocycles. The minimum Gasteiger partial charge on any atom is -0.322 e. The summed E-state index contributed by atoms with van der Waals surface area (Å²) in [5.41, 5.74) is 4.32. The highest BCUT2D eigenvalue weighted by Gasteiger charge is 2.28. The van der Waals surface area contributed by atoms with E-state index in [0.717, 1.165) is 16.7 Å². The Morgan fingerprint density at radius 3 is 2.55 bits per heavy atom. The highest BCUT2D eigenvalue weighted by atomic mass is 32.2. The third-order valence-electron chi connectivity index (χ3n) is 5.35. The van der Waals surface area contributed by atoms with Crippen LogP contribution in [0.2, 0.25) is 0 Å². The zero-order chi connectivity index (χ0) is 22.0. The Morgan fingerprint density at radius 2 is 1.81 bits per heavy atom. The van der Waals surface area contributed by atoms with Gasteiger partial charge in [0.1, 0.15) is 0 Å². The van der Waals surface area contributed by atoms with Gasteiger partial charge >= 0.3 is 0 Å². The summed E-state index contributed by atoms with van der Waals surface area (Å²) in [6.45, 7) is 2.58. The molecule has 0 aliphatic carbocycles. The molecule has 1 N–H and O–H groups in total. The first-order valence-electron chi connectivity index (χ1n) is 9.87. The SMILES string of the molecule is Cc1ccc(S(=O)(=O)N2CCc3ccc(NC(=O)c4cccc(C#N)c4)cc3C2)cc1. The van der Waals surface area contributed by atoms with Gasteiger partial charge in [-0.25, -0.2) is 8.42 Å². The number of rotatable bonds is 4. The Balaban J connectivity index is 1.54. The van der Waals surface area contributed by atoms with Crippen LogP contribution in [-0.4, -0.2) is 25.2 Å². The molecule has 0 bridgehead atoms. The molecule has 0 aromatic heterocycles. The fourth-order valence-corrected chi connectivity index (χ4v) is 5.03. The molecule has 7 heteroatoms. The van der Waals surface area contributed by atoms with Gasteiger partial charge in [0.05, 0.1) is 16.5 Å². The average Bonchev–Trinajstić information content (AvgIpc) is 2.79. The maximum Gasteiger partial charge on any atom is 0.255 e. The number of sulfonamides is 1. The quantitative estimate of drug-likeness (QED) is 0.679. The minimum absolute atomic E-state index is 0.249. The molecule has 156 valence electrons. The van der Waals surface area contributed by atoms with E-state index in [1.165, 1.54) is 10.4 Å². The molecule has 1 aliphatic heterocycles. The molecule has 4 rings (SSSR count). The van der Waals surface area contributed by atoms with Gasteiger partial charge in [-0.1, -0.05) is 29.8 Å². The summed E-state index contributed by atoms with van der Waals surface area (Å²) in [6, 6.07) is 20.9. The van der Waals surface area contributed by atoms with Gasteiger partial charge in [-0.05, 0) is 66.9 Å². The van der Waals surface area contributed by atoms with Gasteiger partial charge in [0.25, 0.3) is 5.91 Å². The lowest BCUT2D eigenvalue weighted by Gasteiger charge is -2.28. The molecule has 3 aromatic carbocycles. The molecular formula is C24H21N3O3S. The number of nitrogens with one attached hydrogen (secondary N) is 1. The summed E-state index contributed by atoms with van der Waals surface area (Å²) in [7, 11) is -3.59. The van der Waals surface area contributed by atoms with Gasteiger partial charge < -0.3 is 5.32 Å². The zero-order valence-electron chi connectivity index (χ0n) is 17.0. The van der Waals surface area contributed by atoms with E-state index in [2.05, 4.69) is 5.32 Å². The molecule has 1 amide bonds. The highest BCUT2D eigenvalue weighted by Crippen LogP contribution is 2.27. The standard InChI is InChI=1S/C24H21N3O3S/c1-17-5-9-23(10-6-17)31(29,30)27-12-11-19-7-8-22(14-21(19)16-27)26-24(28)20-4-2-3-18(13-20)15-25/h2-10,13-14H,11-12,16H2,1H3,(H,26,28). The number of carbonyl (C=O) groups excluding carboxylic acids is 1. The summed E-state index contributed by atoms with van der Waals surface area (Å²) in [5, 5.41) is 11.9. The predicted molar refractivity (Wildman–Crippen MR) is 118 cm³/mol. The van der Waals surface area contributed by atoms with Crippen molar-refractivity contribution in [2.24, 2.45) is 0 Å². The van der Waals surface area contributed by atoms with Crippen LogP contribution in [0.1, 0.15) is 32.6 Å². The third kappa shape index (κ3) is 4.36. The van der Waals surface area contributed by atoms with Crippen LogP contribution in [0.5, 0.6) is 0 Å². The van der Waals surface area contributed by atoms with E-state index in [9.17, 15) is 13.2 Å². The van der Waals surface area contributed by atoms with Crippen molar-refractivity contribution >= 4 is 21.6 Å². The summed E-state index contributed by atoms with van der Waals surface area (Å²) < 4.78 is 27.6. The summed E-state index contributed by atoms with van der Waals surface area (Å²) in [5.74, 6) is -0.322. The number of nitriles is 1. The third-order valence-corrected chi connectivity index (χ3v) is 7.21. The molecule has 31 heavy (non-hydrogen) atoms. The van der Waals surface area contributed by atoms with Crippen molar-refractivity contribution in [3.63, 3.8) is 0 Å². The number of aryl methyl sites for hydroxylation is 1. The van der Waals surface area contributed by atoms with E-state index < -0.39 is 10.0 Å². The van der Waals surface area contributed by atoms with E-state index in [1.54, 1.807) is 42.5 Å². The molecule has 0 radical (unpaired) electrons. The topological polar surface area (TPSA) is 90.3 Å². The van der Waals surface area contributed by atoms with Gasteiger partial charge in [-0.3, -0.25) is 4.79 Å². The number of amides is 1. The van der Waals surface area contributed by atoms with Crippen molar-refractivity contribution in [1.82, 2.24) is 4.31 Å². The molecule has 1 aliphatic rings. The van der Waals surface area contributed by atoms with Crippen LogP contribution in [0.25, 0.3) is 0 Å². The van der Waals surface area contributed by atoms with Crippen LogP contribution in [0.15, 0.2) is 71.6 Å². The maximum absolute atomic E-state index is 13.0. The van der Waals surface area contributed by atoms with E-state index in [0.29, 0.717) is 29.8 Å². The van der Waals surface area contributed by atoms with Crippen LogP contribution in [0.4, 0.5) is 5.69 Å². The second-order valence-electron chi connectivity index (χ2n) is 7.53. The Kier molecular flexibility index (Phi) is 5.59. The molecule has 0 fully saturated rings. The lowest BCUT2D eigenvalue weighted by molar-refractivity contribution is 0.102. The molecule has 0 atom stereocenters. The Labute approximate surface area is 181 Å². The number of benzene rings is 3. The van der Waals surface area contributed by atoms with Crippen molar-refractivity contribution in [3.8, 4) is 6.07 Å². The van der Waals surface area contributed by atoms with Crippen molar-refractivity contribution in [2.75, 3.05) is 11.9 Å². The van der Waals surface area contributed by atoms with E-state index in [1.807, 2.05) is 31.2 Å². The minimum atomic E-state index is -3.59. The highest BCUT2D eigenvalue weighted by molar-refractivity contribution is 7.89. The monoisotopic (exact) mass is 431 g/mol. The van der Waals surface area contributed by atoms with Crippen LogP contribution < -0.4 is 5.32 Å². The van der Waals surface area contributed by atoms with Gasteiger partial charge in [-0.2, -0.15) is 9.57 Å². The van der Waals surface area contributed by atoms with Gasteiger partial charge in [0.2, 0.25) is 10.0 Å². The molecular weight excluding hydrogens is 410 g/mol. The normalized spacial score (nSPS) is 13.8. The van der Waals surface area contributed by atoms with Crippen molar-refractivity contribution in [3.05, 3.63) is 94.5 Å². The Morgan fingerprint density at radius 1 is 1.03 bits per heavy atom. The molecule has 0 saturated heterocycles. The number of hydrogen-bond acceptors (Lipinski definition) is 4. The number of nitrogens with zero attached hydrogens (tertiary/aromatic N) is 2. The van der Waals surface area contributed by atoms with Crippen LogP contribution in [0.3, 0.4) is 0 Å². The first kappa shape index (κ1) is 20.8. The largest absolute Gasteiger partial charge is 0.322 e. The lowest BCUT2D eigenvalue weighted by Crippen LogP contribution is -2.36. The number of fused-ring (bicyclic) bond motifs is 1. The second kappa shape index (κ2) is 8.34. The molecule has 6 nitrogen and oxygen atoms in total. The number of hydrogen-bond donors (Lipinski definition) is 1. The first-order valence-corrected chi connectivity index (χ1v) is 11.3. The Hall–Kier alpha value is -3.47. The number of anilines is 1. The molecule has 0 unspecified atom stereocenters. The zero-order valence-corrected chi connectivity index (χ0v) is 17.8. The van der Waals surface area contributed by atoms with E-state index in [-0.39, 0.29) is 17.3 Å². The van der Waals surface area contributed by atoms with Crippen molar-refractivity contribution in [2.45, 2.75) is 24.8 Å². The van der Waals surface area contributed by atoms with Gasteiger partial charge in [-0.15, -0.1) is 0 Å². The Bertz CT molecular complexity index is 1290. The molecule has 3 aromatic rings. The fraction of sp³-hybridized carbons (Fsp3) is 0.167. The fourth-order valence-electron chi connectivity index (χ4n) is 3.61. The summed E-state index contributed by atoms with van der Waals surface area (Å²) in [6.07, 6.45) is 0.610. The summed E-state index contributed by atoms with van der Waals surface area (Å²) >= 11 is 0. The van der Waals surface area contributed by atoms with Crippen molar-refractivity contribution < 1.29 is 13.2 Å². The molecule has 0 saturated carbocycles. The first-order chi connectivity index (χ1) is 14.9. The van der Waals surface area contributed by atoms with Crippen LogP contribution in [0, 0.1) is 18.3 Å². The second-order valence-corrected chi connectivity index (χ2v) is 9.47. The van der Waals surface area contributed by atoms with E-state index in [4.69, 9.17) is 5.26 Å². The lowest BCUT2D eigenvalue weighted by atomic mass is 10.0. The number of carbonyl (C=O) groups is 1. The van der Waals surface area contributed by atoms with Crippen LogP contribution >= 0.6 is 0 Å². The average molecular weight is 432 g/mol. The van der Waals surface area contributed by atoms with Gasteiger partial charge in [0, 0.05) is 24.3 Å². The smallest absolute Gasteiger partial charge is 0.255 e. The summed E-state index contributed by atoms with van der Waals surface area (Å²) in [4.78, 5) is 12.8. The van der Waals surface area contributed by atoms with Gasteiger partial charge in [0.15, 0.2) is 0 Å². The molecule has 0 spiro atoms. The maximum atomic E-state index is 13.0.